The van der Waals surface area contributed by atoms with Crippen molar-refractivity contribution >= 4 is 50.3 Å². The molecule has 2 rings (SSSR count). The van der Waals surface area contributed by atoms with E-state index in [1.165, 1.54) is 37.4 Å². The Bertz CT molecular complexity index is 1060. The number of nitrogens with zero attached hydrogens (tertiary/aromatic N) is 2. The molecule has 8 nitrogen and oxygen atoms in total. The van der Waals surface area contributed by atoms with Crippen LogP contribution >= 0.6 is 27.5 Å². The standard InChI is InChI=1S/C21H23BrClFN4O4S/c1-21(2,3)33(31)27-12(11-25)9-17(19-14(22)6-7-15(24)20(19)23)26-16-10-13(32-4)5-8-18(16)28(29)30/h5-8,10,12,17,26-27H,9H2,1-4H3/t12?,17-,33-/m1/s1. The molecule has 0 spiro atoms. The van der Waals surface area contributed by atoms with Crippen molar-refractivity contribution in [2.45, 2.75) is 44.0 Å². The van der Waals surface area contributed by atoms with E-state index in [9.17, 15) is 24.3 Å². The summed E-state index contributed by atoms with van der Waals surface area (Å²) in [5.41, 5.74) is 0.103. The summed E-state index contributed by atoms with van der Waals surface area (Å²) in [4.78, 5) is 11.0. The van der Waals surface area contributed by atoms with Crippen molar-refractivity contribution in [1.82, 2.24) is 4.72 Å². The molecule has 12 heteroatoms. The van der Waals surface area contributed by atoms with E-state index in [0.717, 1.165) is 0 Å². The molecule has 0 bridgehead atoms. The molecule has 2 N–H and O–H groups in total. The average molecular weight is 562 g/mol. The van der Waals surface area contributed by atoms with Gasteiger partial charge in [-0.15, -0.1) is 4.72 Å². The minimum absolute atomic E-state index is 0.0333. The van der Waals surface area contributed by atoms with E-state index < -0.39 is 38.9 Å². The van der Waals surface area contributed by atoms with Crippen LogP contribution in [-0.2, 0) is 11.4 Å². The molecular formula is C21H23BrClFN4O4S. The zero-order valence-corrected chi connectivity index (χ0v) is 21.5. The van der Waals surface area contributed by atoms with Crippen molar-refractivity contribution in [1.29, 1.82) is 5.26 Å². The molecule has 0 heterocycles. The van der Waals surface area contributed by atoms with E-state index in [4.69, 9.17) is 16.3 Å². The number of nitriles is 1. The molecule has 0 saturated heterocycles. The summed E-state index contributed by atoms with van der Waals surface area (Å²) < 4.78 is 34.6. The van der Waals surface area contributed by atoms with Gasteiger partial charge in [0.05, 0.1) is 29.2 Å². The van der Waals surface area contributed by atoms with Crippen LogP contribution in [-0.4, -0.2) is 27.4 Å². The van der Waals surface area contributed by atoms with Crippen LogP contribution in [0.2, 0.25) is 5.02 Å². The fourth-order valence-electron chi connectivity index (χ4n) is 2.88. The first-order chi connectivity index (χ1) is 15.4. The van der Waals surface area contributed by atoms with Crippen molar-refractivity contribution in [2.24, 2.45) is 0 Å². The molecule has 0 fully saturated rings. The van der Waals surface area contributed by atoms with Gasteiger partial charge in [-0.25, -0.2) is 4.39 Å². The normalized spacial score (nSPS) is 14.2. The van der Waals surface area contributed by atoms with Crippen molar-refractivity contribution in [3.8, 4) is 11.8 Å². The van der Waals surface area contributed by atoms with Crippen LogP contribution in [0, 0.1) is 27.3 Å². The predicted octanol–water partition coefficient (Wildman–Crippen LogP) is 5.65. The Morgan fingerprint density at radius 2 is 2.03 bits per heavy atom. The van der Waals surface area contributed by atoms with Crippen LogP contribution in [0.1, 0.15) is 38.8 Å². The Balaban J connectivity index is 2.55. The van der Waals surface area contributed by atoms with Crippen LogP contribution in [0.15, 0.2) is 34.8 Å². The van der Waals surface area contributed by atoms with Gasteiger partial charge in [0.2, 0.25) is 0 Å². The maximum absolute atomic E-state index is 14.3. The molecule has 2 aromatic carbocycles. The highest BCUT2D eigenvalue weighted by atomic mass is 79.9. The first-order valence-electron chi connectivity index (χ1n) is 9.69. The highest BCUT2D eigenvalue weighted by Gasteiger charge is 2.32. The summed E-state index contributed by atoms with van der Waals surface area (Å²) in [5, 5.41) is 24.1. The van der Waals surface area contributed by atoms with Gasteiger partial charge >= 0.3 is 0 Å². The maximum Gasteiger partial charge on any atom is 0.292 e. The van der Waals surface area contributed by atoms with Crippen molar-refractivity contribution in [2.75, 3.05) is 12.4 Å². The Morgan fingerprint density at radius 1 is 1.36 bits per heavy atom. The summed E-state index contributed by atoms with van der Waals surface area (Å²) in [5.74, 6) is -0.336. The summed E-state index contributed by atoms with van der Waals surface area (Å²) in [6, 6.07) is 7.00. The van der Waals surface area contributed by atoms with Crippen LogP contribution in [0.25, 0.3) is 0 Å². The molecule has 178 valence electrons. The van der Waals surface area contributed by atoms with Crippen molar-refractivity contribution in [3.63, 3.8) is 0 Å². The van der Waals surface area contributed by atoms with Crippen LogP contribution < -0.4 is 14.8 Å². The molecule has 0 saturated carbocycles. The quantitative estimate of drug-likeness (QED) is 0.176. The number of anilines is 1. The minimum Gasteiger partial charge on any atom is -0.598 e. The first-order valence-corrected chi connectivity index (χ1v) is 12.0. The molecule has 0 aliphatic carbocycles. The van der Waals surface area contributed by atoms with E-state index in [1.807, 2.05) is 6.07 Å². The third-order valence-corrected chi connectivity index (χ3v) is 7.28. The molecule has 0 amide bonds. The van der Waals surface area contributed by atoms with Gasteiger partial charge in [0.15, 0.2) is 0 Å². The Kier molecular flexibility index (Phi) is 9.34. The molecule has 1 unspecified atom stereocenters. The Morgan fingerprint density at radius 3 is 2.58 bits per heavy atom. The zero-order chi connectivity index (χ0) is 24.9. The topological polar surface area (TPSA) is 123 Å². The molecule has 0 aromatic heterocycles. The second-order valence-electron chi connectivity index (χ2n) is 8.01. The third-order valence-electron chi connectivity index (χ3n) is 4.59. The van der Waals surface area contributed by atoms with Gasteiger partial charge in [-0.3, -0.25) is 10.1 Å². The second kappa shape index (κ2) is 11.4. The van der Waals surface area contributed by atoms with Crippen LogP contribution in [0.3, 0.4) is 0 Å². The lowest BCUT2D eigenvalue weighted by molar-refractivity contribution is -0.384. The minimum atomic E-state index is -1.57. The van der Waals surface area contributed by atoms with E-state index in [0.29, 0.717) is 10.2 Å². The first kappa shape index (κ1) is 27.1. The SMILES string of the molecule is COc1ccc([N+](=O)[O-])c(N[C@H](CC(C#N)N[S@+]([O-])C(C)(C)C)c2c(Br)ccc(F)c2Cl)c1. The highest BCUT2D eigenvalue weighted by molar-refractivity contribution is 9.10. The van der Waals surface area contributed by atoms with Crippen molar-refractivity contribution < 1.29 is 18.6 Å². The van der Waals surface area contributed by atoms with Crippen molar-refractivity contribution in [3.05, 3.63) is 61.3 Å². The lowest BCUT2D eigenvalue weighted by atomic mass is 9.99. The molecule has 0 radical (unpaired) electrons. The number of nitro benzene ring substituents is 1. The molecular weight excluding hydrogens is 539 g/mol. The van der Waals surface area contributed by atoms with E-state index in [-0.39, 0.29) is 28.4 Å². The van der Waals surface area contributed by atoms with Gasteiger partial charge in [0.1, 0.15) is 28.0 Å². The van der Waals surface area contributed by atoms with Gasteiger partial charge in [-0.1, -0.05) is 27.5 Å². The predicted molar refractivity (Wildman–Crippen MR) is 130 cm³/mol. The molecule has 2 aromatic rings. The van der Waals surface area contributed by atoms with E-state index >= 15 is 0 Å². The Hall–Kier alpha value is -2.10. The number of nitrogens with one attached hydrogen (secondary N) is 2. The maximum atomic E-state index is 14.3. The zero-order valence-electron chi connectivity index (χ0n) is 18.3. The van der Waals surface area contributed by atoms with E-state index in [1.54, 1.807) is 20.8 Å². The van der Waals surface area contributed by atoms with Gasteiger partial charge in [0.25, 0.3) is 5.69 Å². The highest BCUT2D eigenvalue weighted by Crippen LogP contribution is 2.39. The number of ether oxygens (including phenoxy) is 1. The number of benzene rings is 2. The van der Waals surface area contributed by atoms with Gasteiger partial charge in [-0.2, -0.15) is 5.26 Å². The average Bonchev–Trinajstić information content (AvgIpc) is 2.74. The van der Waals surface area contributed by atoms with Gasteiger partial charge in [0, 0.05) is 40.0 Å². The number of hydrogen-bond donors (Lipinski definition) is 2. The second-order valence-corrected chi connectivity index (χ2v) is 11.2. The van der Waals surface area contributed by atoms with Gasteiger partial charge in [-0.05, 0) is 39.0 Å². The number of rotatable bonds is 9. The largest absolute Gasteiger partial charge is 0.598 e. The van der Waals surface area contributed by atoms with E-state index in [2.05, 4.69) is 26.0 Å². The van der Waals surface area contributed by atoms with Crippen LogP contribution in [0.4, 0.5) is 15.8 Å². The summed E-state index contributed by atoms with van der Waals surface area (Å²) in [6.07, 6.45) is -0.0333. The number of methoxy groups -OCH3 is 1. The number of hydrogen-bond acceptors (Lipinski definition) is 7. The lowest BCUT2D eigenvalue weighted by Crippen LogP contribution is -2.45. The molecule has 3 atom stereocenters. The number of nitro groups is 1. The third kappa shape index (κ3) is 6.94. The van der Waals surface area contributed by atoms with Crippen LogP contribution in [0.5, 0.6) is 5.75 Å². The smallest absolute Gasteiger partial charge is 0.292 e. The Labute approximate surface area is 208 Å². The summed E-state index contributed by atoms with van der Waals surface area (Å²) in [7, 11) is 1.42. The molecule has 0 aliphatic heterocycles. The fraction of sp³-hybridized carbons (Fsp3) is 0.381. The summed E-state index contributed by atoms with van der Waals surface area (Å²) in [6.45, 7) is 5.25. The lowest BCUT2D eigenvalue weighted by Gasteiger charge is -2.28. The fourth-order valence-corrected chi connectivity index (χ4v) is 4.66. The molecule has 33 heavy (non-hydrogen) atoms. The van der Waals surface area contributed by atoms with Gasteiger partial charge < -0.3 is 14.6 Å². The number of halogens is 3. The summed E-state index contributed by atoms with van der Waals surface area (Å²) >= 11 is 8.05. The monoisotopic (exact) mass is 560 g/mol. The molecule has 0 aliphatic rings.